The number of esters is 1. The van der Waals surface area contributed by atoms with Crippen molar-refractivity contribution in [2.75, 3.05) is 12.3 Å². The van der Waals surface area contributed by atoms with Crippen molar-refractivity contribution < 1.29 is 9.53 Å². The fourth-order valence-corrected chi connectivity index (χ4v) is 1.96. The first-order valence-electron chi connectivity index (χ1n) is 6.59. The summed E-state index contributed by atoms with van der Waals surface area (Å²) in [6.45, 7) is 4.50. The Labute approximate surface area is 117 Å². The minimum Gasteiger partial charge on any atom is -0.461 e. The zero-order valence-corrected chi connectivity index (χ0v) is 11.7. The van der Waals surface area contributed by atoms with Gasteiger partial charge in [-0.1, -0.05) is 13.0 Å². The average Bonchev–Trinajstić information content (AvgIpc) is 2.77. The molecule has 0 aromatic carbocycles. The van der Waals surface area contributed by atoms with E-state index in [4.69, 9.17) is 10.5 Å². The molecule has 2 rings (SSSR count). The average molecular weight is 274 g/mol. The van der Waals surface area contributed by atoms with Crippen molar-refractivity contribution in [1.29, 1.82) is 0 Å². The van der Waals surface area contributed by atoms with Gasteiger partial charge in [0.05, 0.1) is 18.8 Å². The number of carbonyl (C=O) groups excluding carboxylic acids is 1. The lowest BCUT2D eigenvalue weighted by Crippen LogP contribution is -2.11. The van der Waals surface area contributed by atoms with E-state index >= 15 is 0 Å². The number of nitrogens with two attached hydrogens (primary N) is 1. The van der Waals surface area contributed by atoms with Gasteiger partial charge in [0.1, 0.15) is 11.6 Å². The molecular formula is C14H18N4O2. The van der Waals surface area contributed by atoms with Gasteiger partial charge in [-0.3, -0.25) is 4.98 Å². The summed E-state index contributed by atoms with van der Waals surface area (Å²) in [5, 5.41) is 0. The van der Waals surface area contributed by atoms with Crippen LogP contribution in [0.2, 0.25) is 0 Å². The maximum absolute atomic E-state index is 11.8. The van der Waals surface area contributed by atoms with Gasteiger partial charge in [-0.25, -0.2) is 9.78 Å². The number of anilines is 1. The predicted molar refractivity (Wildman–Crippen MR) is 75.3 cm³/mol. The van der Waals surface area contributed by atoms with Crippen LogP contribution in [0.3, 0.4) is 0 Å². The predicted octanol–water partition coefficient (Wildman–Crippen LogP) is 1.65. The minimum atomic E-state index is -0.487. The molecule has 0 bridgehead atoms. The number of carbonyl (C=O) groups is 1. The Morgan fingerprint density at radius 3 is 2.80 bits per heavy atom. The zero-order valence-electron chi connectivity index (χ0n) is 11.7. The fraction of sp³-hybridized carbons (Fsp3) is 0.357. The number of pyridine rings is 1. The summed E-state index contributed by atoms with van der Waals surface area (Å²) in [7, 11) is 0. The van der Waals surface area contributed by atoms with E-state index < -0.39 is 5.97 Å². The first-order valence-corrected chi connectivity index (χ1v) is 6.59. The van der Waals surface area contributed by atoms with Crippen LogP contribution < -0.4 is 5.73 Å². The Morgan fingerprint density at radius 2 is 2.20 bits per heavy atom. The number of aromatic nitrogens is 3. The van der Waals surface area contributed by atoms with Gasteiger partial charge < -0.3 is 15.0 Å². The first kappa shape index (κ1) is 14.0. The maximum atomic E-state index is 11.8. The smallest absolute Gasteiger partial charge is 0.360 e. The lowest BCUT2D eigenvalue weighted by Gasteiger charge is -2.08. The van der Waals surface area contributed by atoms with Crippen molar-refractivity contribution in [3.8, 4) is 0 Å². The Hall–Kier alpha value is -2.37. The van der Waals surface area contributed by atoms with Gasteiger partial charge in [0.2, 0.25) is 0 Å². The fourth-order valence-electron chi connectivity index (χ4n) is 1.96. The molecule has 0 amide bonds. The van der Waals surface area contributed by atoms with Gasteiger partial charge in [-0.15, -0.1) is 0 Å². The SMILES string of the molecule is CCOC(=O)c1nc(CC)n(Cc2ccccn2)c1N. The summed E-state index contributed by atoms with van der Waals surface area (Å²) in [4.78, 5) is 20.3. The summed E-state index contributed by atoms with van der Waals surface area (Å²) in [6.07, 6.45) is 2.40. The molecule has 0 radical (unpaired) electrons. The van der Waals surface area contributed by atoms with E-state index in [2.05, 4.69) is 9.97 Å². The van der Waals surface area contributed by atoms with E-state index in [1.165, 1.54) is 0 Å². The molecule has 2 aromatic rings. The highest BCUT2D eigenvalue weighted by atomic mass is 16.5. The number of ether oxygens (including phenoxy) is 1. The summed E-state index contributed by atoms with van der Waals surface area (Å²) < 4.78 is 6.76. The van der Waals surface area contributed by atoms with Crippen LogP contribution in [0.4, 0.5) is 5.82 Å². The van der Waals surface area contributed by atoms with Crippen LogP contribution in [-0.2, 0) is 17.7 Å². The highest BCUT2D eigenvalue weighted by molar-refractivity contribution is 5.92. The third kappa shape index (κ3) is 2.79. The molecule has 0 unspecified atom stereocenters. The molecule has 2 aromatic heterocycles. The largest absolute Gasteiger partial charge is 0.461 e. The number of imidazole rings is 1. The first-order chi connectivity index (χ1) is 9.67. The third-order valence-electron chi connectivity index (χ3n) is 2.92. The van der Waals surface area contributed by atoms with Crippen LogP contribution in [0, 0.1) is 0 Å². The molecule has 0 aliphatic carbocycles. The number of hydrogen-bond donors (Lipinski definition) is 1. The molecular weight excluding hydrogens is 256 g/mol. The molecule has 106 valence electrons. The zero-order chi connectivity index (χ0) is 14.5. The van der Waals surface area contributed by atoms with E-state index in [0.717, 1.165) is 11.5 Å². The second-order valence-electron chi connectivity index (χ2n) is 4.24. The lowest BCUT2D eigenvalue weighted by molar-refractivity contribution is 0.0521. The Kier molecular flexibility index (Phi) is 4.34. The molecule has 0 aliphatic heterocycles. The number of nitrogens with zero attached hydrogens (tertiary/aromatic N) is 3. The summed E-state index contributed by atoms with van der Waals surface area (Å²) in [5.41, 5.74) is 7.07. The summed E-state index contributed by atoms with van der Waals surface area (Å²) in [6, 6.07) is 5.67. The highest BCUT2D eigenvalue weighted by Crippen LogP contribution is 2.18. The van der Waals surface area contributed by atoms with Crippen molar-refractivity contribution in [2.24, 2.45) is 0 Å². The molecule has 0 spiro atoms. The van der Waals surface area contributed by atoms with Crippen molar-refractivity contribution in [1.82, 2.24) is 14.5 Å². The van der Waals surface area contributed by atoms with Crippen LogP contribution in [-0.4, -0.2) is 27.1 Å². The monoisotopic (exact) mass is 274 g/mol. The van der Waals surface area contributed by atoms with Crippen LogP contribution in [0.15, 0.2) is 24.4 Å². The van der Waals surface area contributed by atoms with Crippen molar-refractivity contribution in [3.63, 3.8) is 0 Å². The van der Waals surface area contributed by atoms with Crippen LogP contribution >= 0.6 is 0 Å². The number of rotatable bonds is 5. The second-order valence-corrected chi connectivity index (χ2v) is 4.24. The van der Waals surface area contributed by atoms with Gasteiger partial charge in [0.15, 0.2) is 5.69 Å². The van der Waals surface area contributed by atoms with E-state index in [0.29, 0.717) is 25.4 Å². The molecule has 2 N–H and O–H groups in total. The molecule has 6 nitrogen and oxygen atoms in total. The maximum Gasteiger partial charge on any atom is 0.360 e. The van der Waals surface area contributed by atoms with Crippen LogP contribution in [0.25, 0.3) is 0 Å². The van der Waals surface area contributed by atoms with Gasteiger partial charge in [0, 0.05) is 12.6 Å². The van der Waals surface area contributed by atoms with Gasteiger partial charge >= 0.3 is 5.97 Å². The molecule has 6 heteroatoms. The molecule has 0 aliphatic rings. The number of hydrogen-bond acceptors (Lipinski definition) is 5. The standard InChI is InChI=1S/C14H18N4O2/c1-3-11-17-12(14(19)20-4-2)13(15)18(11)9-10-7-5-6-8-16-10/h5-8H,3-4,9,15H2,1-2H3. The van der Waals surface area contributed by atoms with E-state index in [9.17, 15) is 4.79 Å². The lowest BCUT2D eigenvalue weighted by atomic mass is 10.3. The Balaban J connectivity index is 2.35. The molecule has 0 atom stereocenters. The van der Waals surface area contributed by atoms with E-state index in [-0.39, 0.29) is 5.69 Å². The van der Waals surface area contributed by atoms with Crippen LogP contribution in [0.5, 0.6) is 0 Å². The normalized spacial score (nSPS) is 10.5. The molecule has 2 heterocycles. The Morgan fingerprint density at radius 1 is 1.40 bits per heavy atom. The summed E-state index contributed by atoms with van der Waals surface area (Å²) >= 11 is 0. The molecule has 0 saturated heterocycles. The van der Waals surface area contributed by atoms with Gasteiger partial charge in [-0.2, -0.15) is 0 Å². The number of nitrogen functional groups attached to an aromatic ring is 1. The topological polar surface area (TPSA) is 83.0 Å². The van der Waals surface area contributed by atoms with Crippen molar-refractivity contribution in [2.45, 2.75) is 26.8 Å². The van der Waals surface area contributed by atoms with E-state index in [1.807, 2.05) is 25.1 Å². The van der Waals surface area contributed by atoms with E-state index in [1.54, 1.807) is 17.7 Å². The second kappa shape index (κ2) is 6.18. The van der Waals surface area contributed by atoms with Gasteiger partial charge in [-0.05, 0) is 19.1 Å². The van der Waals surface area contributed by atoms with Gasteiger partial charge in [0.25, 0.3) is 0 Å². The summed E-state index contributed by atoms with van der Waals surface area (Å²) in [5.74, 6) is 0.585. The number of aryl methyl sites for hydroxylation is 1. The third-order valence-corrected chi connectivity index (χ3v) is 2.92. The minimum absolute atomic E-state index is 0.180. The molecule has 0 saturated carbocycles. The Bertz CT molecular complexity index is 593. The van der Waals surface area contributed by atoms with Crippen LogP contribution in [0.1, 0.15) is 35.9 Å². The highest BCUT2D eigenvalue weighted by Gasteiger charge is 2.20. The quantitative estimate of drug-likeness (QED) is 0.838. The van der Waals surface area contributed by atoms with Crippen molar-refractivity contribution >= 4 is 11.8 Å². The molecule has 20 heavy (non-hydrogen) atoms. The van der Waals surface area contributed by atoms with Crippen molar-refractivity contribution in [3.05, 3.63) is 41.6 Å². The molecule has 0 fully saturated rings.